The van der Waals surface area contributed by atoms with Crippen LogP contribution in [0.15, 0.2) is 24.3 Å². The van der Waals surface area contributed by atoms with Gasteiger partial charge in [0.25, 0.3) is 0 Å². The van der Waals surface area contributed by atoms with Gasteiger partial charge in [-0.1, -0.05) is 12.1 Å². The molecule has 0 heterocycles. The first-order valence-corrected chi connectivity index (χ1v) is 10.9. The van der Waals surface area contributed by atoms with E-state index < -0.39 is 60.2 Å². The van der Waals surface area contributed by atoms with E-state index in [1.165, 1.54) is 12.1 Å². The minimum Gasteiger partial charge on any atom is -0.508 e. The summed E-state index contributed by atoms with van der Waals surface area (Å²) in [7, 11) is 0. The number of carboxylic acids is 1. The summed E-state index contributed by atoms with van der Waals surface area (Å²) in [4.78, 5) is 59.8. The molecule has 0 saturated carbocycles. The van der Waals surface area contributed by atoms with Crippen molar-refractivity contribution in [1.29, 1.82) is 0 Å². The number of carbonyl (C=O) groups is 5. The number of carboxylic acid groups (broad SMARTS) is 1. The second-order valence-electron chi connectivity index (χ2n) is 7.03. The van der Waals surface area contributed by atoms with Crippen LogP contribution in [0.25, 0.3) is 0 Å². The lowest BCUT2D eigenvalue weighted by Crippen LogP contribution is -2.58. The molecule has 182 valence electrons. The quantitative estimate of drug-likeness (QED) is 0.132. The van der Waals surface area contributed by atoms with Crippen molar-refractivity contribution in [3.8, 4) is 5.75 Å². The van der Waals surface area contributed by atoms with Crippen LogP contribution in [-0.4, -0.2) is 75.5 Å². The molecule has 0 aliphatic heterocycles. The molecule has 1 rings (SSSR count). The van der Waals surface area contributed by atoms with Crippen LogP contribution in [0, 0.1) is 0 Å². The first kappa shape index (κ1) is 28.1. The van der Waals surface area contributed by atoms with Crippen molar-refractivity contribution in [3.05, 3.63) is 29.8 Å². The van der Waals surface area contributed by atoms with Gasteiger partial charge < -0.3 is 37.6 Å². The average molecular weight is 502 g/mol. The summed E-state index contributed by atoms with van der Waals surface area (Å²) < 4.78 is 0. The van der Waals surface area contributed by atoms with Crippen LogP contribution < -0.4 is 27.4 Å². The van der Waals surface area contributed by atoms with Crippen LogP contribution in [0.5, 0.6) is 5.75 Å². The Hall–Kier alpha value is -2.97. The molecule has 14 heteroatoms. The van der Waals surface area contributed by atoms with Crippen molar-refractivity contribution in [1.82, 2.24) is 16.0 Å². The molecule has 4 unspecified atom stereocenters. The fraction of sp³-hybridized carbons (Fsp3) is 0.421. The number of hydrogen-bond acceptors (Lipinski definition) is 9. The second-order valence-corrected chi connectivity index (χ2v) is 7.76. The average Bonchev–Trinajstić information content (AvgIpc) is 2.75. The normalized spacial score (nSPS) is 14.3. The third-order valence-electron chi connectivity index (χ3n) is 4.38. The van der Waals surface area contributed by atoms with Gasteiger partial charge in [-0.2, -0.15) is 25.3 Å². The number of thiol groups is 2. The van der Waals surface area contributed by atoms with Gasteiger partial charge in [-0.25, -0.2) is 4.79 Å². The van der Waals surface area contributed by atoms with Crippen LogP contribution in [0.3, 0.4) is 0 Å². The number of phenolic OH excluding ortho intramolecular Hbond substituents is 1. The lowest BCUT2D eigenvalue weighted by atomic mass is 10.1. The lowest BCUT2D eigenvalue weighted by Gasteiger charge is -2.23. The van der Waals surface area contributed by atoms with Gasteiger partial charge in [0.1, 0.15) is 23.9 Å². The summed E-state index contributed by atoms with van der Waals surface area (Å²) in [6, 6.07) is 0.984. The van der Waals surface area contributed by atoms with E-state index >= 15 is 0 Å². The van der Waals surface area contributed by atoms with Crippen molar-refractivity contribution < 1.29 is 34.2 Å². The number of phenols is 1. The van der Waals surface area contributed by atoms with E-state index in [0.717, 1.165) is 0 Å². The minimum atomic E-state index is -1.48. The van der Waals surface area contributed by atoms with E-state index in [1.807, 2.05) is 0 Å². The van der Waals surface area contributed by atoms with Crippen molar-refractivity contribution in [2.75, 3.05) is 11.5 Å². The minimum absolute atomic E-state index is 0.0576. The van der Waals surface area contributed by atoms with Gasteiger partial charge >= 0.3 is 5.97 Å². The molecule has 0 spiro atoms. The molecule has 4 atom stereocenters. The number of aromatic hydroxyl groups is 1. The highest BCUT2D eigenvalue weighted by Crippen LogP contribution is 2.11. The van der Waals surface area contributed by atoms with E-state index in [-0.39, 0.29) is 23.7 Å². The number of nitrogens with one attached hydrogen (secondary N) is 3. The third kappa shape index (κ3) is 9.59. The highest BCUT2D eigenvalue weighted by atomic mass is 32.1. The number of aliphatic carboxylic acids is 1. The van der Waals surface area contributed by atoms with Gasteiger partial charge in [-0.15, -0.1) is 0 Å². The molecule has 1 aromatic carbocycles. The number of carbonyl (C=O) groups excluding carboxylic acids is 4. The van der Waals surface area contributed by atoms with Crippen molar-refractivity contribution in [2.45, 2.75) is 37.0 Å². The van der Waals surface area contributed by atoms with E-state index in [9.17, 15) is 29.1 Å². The summed E-state index contributed by atoms with van der Waals surface area (Å²) in [5.41, 5.74) is 11.7. The van der Waals surface area contributed by atoms with Gasteiger partial charge in [-0.3, -0.25) is 19.2 Å². The molecule has 0 aliphatic rings. The van der Waals surface area contributed by atoms with Crippen LogP contribution >= 0.6 is 25.3 Å². The van der Waals surface area contributed by atoms with E-state index in [1.54, 1.807) is 12.1 Å². The molecule has 0 fully saturated rings. The molecule has 1 aromatic rings. The Labute approximate surface area is 200 Å². The molecule has 12 nitrogen and oxygen atoms in total. The number of hydrogen-bond donors (Lipinski definition) is 9. The molecule has 0 aromatic heterocycles. The fourth-order valence-corrected chi connectivity index (χ4v) is 3.10. The van der Waals surface area contributed by atoms with Gasteiger partial charge in [0, 0.05) is 11.5 Å². The van der Waals surface area contributed by atoms with Gasteiger partial charge in [0.15, 0.2) is 0 Å². The first-order chi connectivity index (χ1) is 15.5. The van der Waals surface area contributed by atoms with Gasteiger partial charge in [0.05, 0.1) is 12.5 Å². The highest BCUT2D eigenvalue weighted by Gasteiger charge is 2.30. The second kappa shape index (κ2) is 13.5. The van der Waals surface area contributed by atoms with E-state index in [0.29, 0.717) is 5.56 Å². The van der Waals surface area contributed by atoms with Crippen LogP contribution in [0.2, 0.25) is 0 Å². The third-order valence-corrected chi connectivity index (χ3v) is 5.11. The number of rotatable bonds is 13. The van der Waals surface area contributed by atoms with Crippen LogP contribution in [0.1, 0.15) is 12.0 Å². The molecule has 0 aliphatic carbocycles. The number of primary amides is 1. The molecule has 4 amide bonds. The lowest BCUT2D eigenvalue weighted by molar-refractivity contribution is -0.141. The largest absolute Gasteiger partial charge is 0.508 e. The zero-order valence-electron chi connectivity index (χ0n) is 17.4. The Kier molecular flexibility index (Phi) is 11.5. The number of benzene rings is 1. The van der Waals surface area contributed by atoms with Crippen LogP contribution in [-0.2, 0) is 30.4 Å². The standard InChI is InChI=1S/C19H27N5O7S2/c20-11(5-9-1-3-10(25)4-2-9)16(27)23-13(7-32)18(29)22-12(6-15(21)26)17(28)24-14(8-33)19(30)31/h1-4,11-14,25,32-33H,5-8,20H2,(H2,21,26)(H,22,29)(H,23,27)(H,24,28)(H,30,31). The molecule has 0 radical (unpaired) electrons. The first-order valence-electron chi connectivity index (χ1n) is 9.65. The highest BCUT2D eigenvalue weighted by molar-refractivity contribution is 7.80. The Morgan fingerprint density at radius 3 is 1.82 bits per heavy atom. The zero-order valence-corrected chi connectivity index (χ0v) is 19.2. The smallest absolute Gasteiger partial charge is 0.327 e. The molecule has 0 saturated heterocycles. The Bertz CT molecular complexity index is 869. The molecular formula is C19H27N5O7S2. The number of nitrogens with two attached hydrogens (primary N) is 2. The Morgan fingerprint density at radius 2 is 1.33 bits per heavy atom. The van der Waals surface area contributed by atoms with Crippen molar-refractivity contribution in [2.24, 2.45) is 11.5 Å². The summed E-state index contributed by atoms with van der Waals surface area (Å²) in [5.74, 6) is -5.10. The summed E-state index contributed by atoms with van der Waals surface area (Å²) in [5, 5.41) is 25.2. The summed E-state index contributed by atoms with van der Waals surface area (Å²) >= 11 is 7.85. The van der Waals surface area contributed by atoms with Gasteiger partial charge in [-0.05, 0) is 24.1 Å². The Balaban J connectivity index is 2.81. The maximum atomic E-state index is 12.6. The van der Waals surface area contributed by atoms with E-state index in [2.05, 4.69) is 41.2 Å². The Morgan fingerprint density at radius 1 is 0.848 bits per heavy atom. The summed E-state index contributed by atoms with van der Waals surface area (Å²) in [6.45, 7) is 0. The van der Waals surface area contributed by atoms with Crippen LogP contribution in [0.4, 0.5) is 0 Å². The SMILES string of the molecule is NC(=O)CC(NC(=O)C(CS)NC(=O)C(N)Cc1ccc(O)cc1)C(=O)NC(CS)C(=O)O. The molecule has 0 bridgehead atoms. The maximum absolute atomic E-state index is 12.6. The topological polar surface area (TPSA) is 214 Å². The predicted molar refractivity (Wildman–Crippen MR) is 125 cm³/mol. The molecule has 33 heavy (non-hydrogen) atoms. The monoisotopic (exact) mass is 501 g/mol. The van der Waals surface area contributed by atoms with Crippen molar-refractivity contribution in [3.63, 3.8) is 0 Å². The summed E-state index contributed by atoms with van der Waals surface area (Å²) in [6.07, 6.45) is -0.482. The predicted octanol–water partition coefficient (Wildman–Crippen LogP) is -2.46. The maximum Gasteiger partial charge on any atom is 0.327 e. The molecular weight excluding hydrogens is 474 g/mol. The fourth-order valence-electron chi connectivity index (χ4n) is 2.59. The molecule has 9 N–H and O–H groups in total. The van der Waals surface area contributed by atoms with E-state index in [4.69, 9.17) is 16.6 Å². The van der Waals surface area contributed by atoms with Gasteiger partial charge in [0.2, 0.25) is 23.6 Å². The zero-order chi connectivity index (χ0) is 25.1. The number of amides is 4. The van der Waals surface area contributed by atoms with Crippen molar-refractivity contribution >= 4 is 54.9 Å².